The molecule has 0 saturated carbocycles. The Kier molecular flexibility index (Phi) is 3.56. The molecule has 0 atom stereocenters. The van der Waals surface area contributed by atoms with E-state index in [2.05, 4.69) is 22.9 Å². The van der Waals surface area contributed by atoms with Crippen LogP contribution in [-0.4, -0.2) is 36.4 Å². The molecule has 1 aliphatic rings. The number of ether oxygens (including phenoxy) is 1. The van der Waals surface area contributed by atoms with Gasteiger partial charge in [-0.25, -0.2) is 4.98 Å². The zero-order valence-electron chi connectivity index (χ0n) is 11.5. The lowest BCUT2D eigenvalue weighted by Gasteiger charge is -2.29. The molecule has 0 unspecified atom stereocenters. The van der Waals surface area contributed by atoms with Gasteiger partial charge in [0.2, 0.25) is 0 Å². The molecule has 2 heterocycles. The number of nitrogens with zero attached hydrogens (tertiary/aromatic N) is 2. The Morgan fingerprint density at radius 2 is 1.95 bits per heavy atom. The van der Waals surface area contributed by atoms with E-state index in [9.17, 15) is 5.11 Å². The van der Waals surface area contributed by atoms with Crippen molar-refractivity contribution in [3.05, 3.63) is 42.1 Å². The second kappa shape index (κ2) is 5.51. The Bertz CT molecular complexity index is 607. The Morgan fingerprint density at radius 1 is 1.15 bits per heavy atom. The predicted octanol–water partition coefficient (Wildman–Crippen LogP) is 2.60. The maximum absolute atomic E-state index is 9.56. The van der Waals surface area contributed by atoms with E-state index in [4.69, 9.17) is 4.74 Å². The molecule has 0 aliphatic carbocycles. The minimum atomic E-state index is 0.275. The van der Waals surface area contributed by atoms with Crippen LogP contribution in [0.25, 0.3) is 11.1 Å². The first-order valence-corrected chi connectivity index (χ1v) is 6.83. The maximum atomic E-state index is 9.56. The van der Waals surface area contributed by atoms with Crippen LogP contribution in [0.2, 0.25) is 0 Å². The summed E-state index contributed by atoms with van der Waals surface area (Å²) >= 11 is 0. The molecule has 1 N–H and O–H groups in total. The Labute approximate surface area is 118 Å². The summed E-state index contributed by atoms with van der Waals surface area (Å²) in [5.41, 5.74) is 3.15. The number of benzene rings is 1. The normalized spacial score (nSPS) is 15.3. The predicted molar refractivity (Wildman–Crippen MR) is 79.1 cm³/mol. The molecule has 20 heavy (non-hydrogen) atoms. The Morgan fingerprint density at radius 3 is 2.65 bits per heavy atom. The summed E-state index contributed by atoms with van der Waals surface area (Å²) in [6, 6.07) is 9.36. The molecule has 1 aliphatic heterocycles. The zero-order valence-corrected chi connectivity index (χ0v) is 11.5. The van der Waals surface area contributed by atoms with E-state index in [1.54, 1.807) is 12.1 Å². The van der Waals surface area contributed by atoms with Gasteiger partial charge in [0.25, 0.3) is 0 Å². The van der Waals surface area contributed by atoms with Crippen LogP contribution in [0.5, 0.6) is 5.75 Å². The molecule has 104 valence electrons. The first-order chi connectivity index (χ1) is 9.74. The minimum Gasteiger partial charge on any atom is -0.508 e. The fourth-order valence-corrected chi connectivity index (χ4v) is 2.52. The van der Waals surface area contributed by atoms with Gasteiger partial charge in [0.1, 0.15) is 11.6 Å². The van der Waals surface area contributed by atoms with Gasteiger partial charge in [-0.15, -0.1) is 0 Å². The van der Waals surface area contributed by atoms with Crippen molar-refractivity contribution in [2.24, 2.45) is 0 Å². The number of aromatic hydroxyl groups is 1. The SMILES string of the molecule is Cc1cc(-c2cccc(O)c2)cnc1N1CCOCC1. The van der Waals surface area contributed by atoms with Gasteiger partial charge in [-0.2, -0.15) is 0 Å². The molecule has 1 aromatic carbocycles. The van der Waals surface area contributed by atoms with E-state index in [1.165, 1.54) is 0 Å². The Balaban J connectivity index is 1.90. The molecule has 1 aromatic heterocycles. The van der Waals surface area contributed by atoms with E-state index >= 15 is 0 Å². The van der Waals surface area contributed by atoms with Gasteiger partial charge in [-0.1, -0.05) is 12.1 Å². The summed E-state index contributed by atoms with van der Waals surface area (Å²) in [6.45, 7) is 5.37. The molecule has 0 amide bonds. The monoisotopic (exact) mass is 270 g/mol. The quantitative estimate of drug-likeness (QED) is 0.911. The molecule has 3 rings (SSSR count). The average Bonchev–Trinajstić information content (AvgIpc) is 2.48. The van der Waals surface area contributed by atoms with Crippen molar-refractivity contribution < 1.29 is 9.84 Å². The van der Waals surface area contributed by atoms with Crippen LogP contribution < -0.4 is 4.90 Å². The minimum absolute atomic E-state index is 0.275. The fourth-order valence-electron chi connectivity index (χ4n) is 2.52. The molecular formula is C16H18N2O2. The van der Waals surface area contributed by atoms with Gasteiger partial charge in [0.05, 0.1) is 13.2 Å². The molecule has 0 bridgehead atoms. The topological polar surface area (TPSA) is 45.6 Å². The number of anilines is 1. The van der Waals surface area contributed by atoms with Crippen LogP contribution in [0, 0.1) is 6.92 Å². The fraction of sp³-hybridized carbons (Fsp3) is 0.312. The molecule has 4 nitrogen and oxygen atoms in total. The van der Waals surface area contributed by atoms with Crippen LogP contribution in [-0.2, 0) is 4.74 Å². The number of hydrogen-bond donors (Lipinski definition) is 1. The summed E-state index contributed by atoms with van der Waals surface area (Å²) in [7, 11) is 0. The lowest BCUT2D eigenvalue weighted by molar-refractivity contribution is 0.122. The Hall–Kier alpha value is -2.07. The van der Waals surface area contributed by atoms with Crippen LogP contribution in [0.15, 0.2) is 36.5 Å². The van der Waals surface area contributed by atoms with Crippen molar-refractivity contribution >= 4 is 5.82 Å². The van der Waals surface area contributed by atoms with E-state index < -0.39 is 0 Å². The number of morpholine rings is 1. The smallest absolute Gasteiger partial charge is 0.131 e. The lowest BCUT2D eigenvalue weighted by Crippen LogP contribution is -2.37. The number of pyridine rings is 1. The van der Waals surface area contributed by atoms with Crippen molar-refractivity contribution in [3.63, 3.8) is 0 Å². The van der Waals surface area contributed by atoms with Crippen molar-refractivity contribution in [2.75, 3.05) is 31.2 Å². The lowest BCUT2D eigenvalue weighted by atomic mass is 10.1. The molecule has 4 heteroatoms. The van der Waals surface area contributed by atoms with Gasteiger partial charge >= 0.3 is 0 Å². The highest BCUT2D eigenvalue weighted by molar-refractivity contribution is 5.67. The average molecular weight is 270 g/mol. The van der Waals surface area contributed by atoms with Crippen LogP contribution in [0.4, 0.5) is 5.82 Å². The number of hydrogen-bond acceptors (Lipinski definition) is 4. The highest BCUT2D eigenvalue weighted by atomic mass is 16.5. The van der Waals surface area contributed by atoms with E-state index in [0.29, 0.717) is 0 Å². The van der Waals surface area contributed by atoms with Gasteiger partial charge < -0.3 is 14.7 Å². The molecule has 0 spiro atoms. The van der Waals surface area contributed by atoms with E-state index in [-0.39, 0.29) is 5.75 Å². The van der Waals surface area contributed by atoms with E-state index in [0.717, 1.165) is 48.8 Å². The zero-order chi connectivity index (χ0) is 13.9. The van der Waals surface area contributed by atoms with Gasteiger partial charge in [0.15, 0.2) is 0 Å². The van der Waals surface area contributed by atoms with Crippen LogP contribution in [0.3, 0.4) is 0 Å². The van der Waals surface area contributed by atoms with Crippen molar-refractivity contribution in [3.8, 4) is 16.9 Å². The number of phenolic OH excluding ortho intramolecular Hbond substituents is 1. The third-order valence-electron chi connectivity index (χ3n) is 3.54. The number of rotatable bonds is 2. The summed E-state index contributed by atoms with van der Waals surface area (Å²) in [5, 5.41) is 9.56. The summed E-state index contributed by atoms with van der Waals surface area (Å²) < 4.78 is 5.37. The second-order valence-corrected chi connectivity index (χ2v) is 5.01. The highest BCUT2D eigenvalue weighted by Gasteiger charge is 2.15. The number of phenols is 1. The molecular weight excluding hydrogens is 252 g/mol. The summed E-state index contributed by atoms with van der Waals surface area (Å²) in [6.07, 6.45) is 1.87. The van der Waals surface area contributed by atoms with Crippen molar-refractivity contribution in [1.82, 2.24) is 4.98 Å². The van der Waals surface area contributed by atoms with E-state index in [1.807, 2.05) is 18.3 Å². The largest absolute Gasteiger partial charge is 0.508 e. The third-order valence-corrected chi connectivity index (χ3v) is 3.54. The van der Waals surface area contributed by atoms with Gasteiger partial charge in [-0.3, -0.25) is 0 Å². The van der Waals surface area contributed by atoms with Crippen LogP contribution >= 0.6 is 0 Å². The maximum Gasteiger partial charge on any atom is 0.131 e. The first-order valence-electron chi connectivity index (χ1n) is 6.83. The summed E-state index contributed by atoms with van der Waals surface area (Å²) in [5.74, 6) is 1.30. The summed E-state index contributed by atoms with van der Waals surface area (Å²) in [4.78, 5) is 6.85. The van der Waals surface area contributed by atoms with Crippen molar-refractivity contribution in [1.29, 1.82) is 0 Å². The number of aryl methyl sites for hydroxylation is 1. The molecule has 0 radical (unpaired) electrons. The van der Waals surface area contributed by atoms with Crippen molar-refractivity contribution in [2.45, 2.75) is 6.92 Å². The standard InChI is InChI=1S/C16H18N2O2/c1-12-9-14(13-3-2-4-15(19)10-13)11-17-16(12)18-5-7-20-8-6-18/h2-4,9-11,19H,5-8H2,1H3. The molecule has 1 saturated heterocycles. The molecule has 2 aromatic rings. The first kappa shape index (κ1) is 12.9. The highest BCUT2D eigenvalue weighted by Crippen LogP contribution is 2.27. The van der Waals surface area contributed by atoms with Crippen LogP contribution in [0.1, 0.15) is 5.56 Å². The second-order valence-electron chi connectivity index (χ2n) is 5.01. The number of aromatic nitrogens is 1. The third kappa shape index (κ3) is 2.60. The van der Waals surface area contributed by atoms with Gasteiger partial charge in [0, 0.05) is 24.8 Å². The van der Waals surface area contributed by atoms with Gasteiger partial charge in [-0.05, 0) is 36.2 Å². The molecule has 1 fully saturated rings.